The predicted molar refractivity (Wildman–Crippen MR) is 172 cm³/mol. The van der Waals surface area contributed by atoms with E-state index in [4.69, 9.17) is 9.47 Å². The molecule has 0 unspecified atom stereocenters. The molecule has 0 spiro atoms. The second-order valence-corrected chi connectivity index (χ2v) is 12.9. The van der Waals surface area contributed by atoms with Gasteiger partial charge in [0.25, 0.3) is 5.91 Å². The third-order valence-corrected chi connectivity index (χ3v) is 8.46. The second-order valence-electron chi connectivity index (χ2n) is 12.9. The average molecular weight is 618 g/mol. The van der Waals surface area contributed by atoms with Crippen LogP contribution >= 0.6 is 0 Å². The summed E-state index contributed by atoms with van der Waals surface area (Å²) in [5.74, 6) is -0.0287. The Kier molecular flexibility index (Phi) is 14.0. The molecule has 1 aromatic carbocycles. The van der Waals surface area contributed by atoms with Gasteiger partial charge in [0.05, 0.1) is 30.4 Å². The first-order valence-corrected chi connectivity index (χ1v) is 16.4. The van der Waals surface area contributed by atoms with Gasteiger partial charge in [0.2, 0.25) is 0 Å². The maximum Gasteiger partial charge on any atom is 0.319 e. The molecule has 2 aliphatic rings. The molecule has 1 heterocycles. The first-order chi connectivity index (χ1) is 21.0. The number of carbonyl (C=O) groups is 3. The minimum Gasteiger partial charge on any atom is -0.490 e. The van der Waals surface area contributed by atoms with Gasteiger partial charge < -0.3 is 40.3 Å². The van der Waals surface area contributed by atoms with Crippen molar-refractivity contribution in [2.75, 3.05) is 38.7 Å². The Balaban J connectivity index is 1.86. The lowest BCUT2D eigenvalue weighted by Crippen LogP contribution is -2.50. The van der Waals surface area contributed by atoms with Crippen LogP contribution in [0.1, 0.15) is 96.3 Å². The summed E-state index contributed by atoms with van der Waals surface area (Å²) in [6.07, 6.45) is 7.54. The summed E-state index contributed by atoms with van der Waals surface area (Å²) in [7, 11) is 1.79. The standard InChI is InChI=1S/C33H55N5O6/c1-22(2)34-32(41)35-27-15-16-29-28(18-27)31(40)38(24(4)21-39)19-23(3)30(43-17-11-10-12-25(5)44-29)20-37(6)33(42)36-26-13-8-7-9-14-26/h15-16,18,22-26,30,39H,7-14,17,19-21H2,1-6H3,(H,36,42)(H2,34,35,41)/t23-,24+,25+,30-/m0/s1. The molecular formula is C33H55N5O6. The average Bonchev–Trinajstić information content (AvgIpc) is 2.98. The molecule has 5 amide bonds. The smallest absolute Gasteiger partial charge is 0.319 e. The fourth-order valence-electron chi connectivity index (χ4n) is 5.78. The molecule has 1 aromatic rings. The molecule has 1 fully saturated rings. The van der Waals surface area contributed by atoms with Crippen molar-refractivity contribution in [1.82, 2.24) is 20.4 Å². The maximum absolute atomic E-state index is 14.2. The number of likely N-dealkylation sites (N-methyl/N-ethyl adjacent to an activating group) is 1. The van der Waals surface area contributed by atoms with Crippen LogP contribution in [0.4, 0.5) is 15.3 Å². The number of anilines is 1. The number of carbonyl (C=O) groups excluding carboxylic acids is 3. The molecule has 248 valence electrons. The fourth-order valence-corrected chi connectivity index (χ4v) is 5.78. The Morgan fingerprint density at radius 3 is 2.45 bits per heavy atom. The number of aliphatic hydroxyl groups excluding tert-OH is 1. The lowest BCUT2D eigenvalue weighted by atomic mass is 9.96. The van der Waals surface area contributed by atoms with Crippen molar-refractivity contribution in [3.63, 3.8) is 0 Å². The highest BCUT2D eigenvalue weighted by Crippen LogP contribution is 2.28. The number of amides is 5. The topological polar surface area (TPSA) is 132 Å². The fraction of sp³-hybridized carbons (Fsp3) is 0.727. The van der Waals surface area contributed by atoms with Crippen molar-refractivity contribution in [1.29, 1.82) is 0 Å². The van der Waals surface area contributed by atoms with E-state index >= 15 is 0 Å². The number of rotatable bonds is 7. The molecule has 11 nitrogen and oxygen atoms in total. The number of urea groups is 2. The number of aliphatic hydroxyl groups is 1. The van der Waals surface area contributed by atoms with Crippen LogP contribution < -0.4 is 20.7 Å². The van der Waals surface area contributed by atoms with E-state index < -0.39 is 6.04 Å². The van der Waals surface area contributed by atoms with E-state index in [2.05, 4.69) is 16.0 Å². The molecule has 0 saturated heterocycles. The summed E-state index contributed by atoms with van der Waals surface area (Å²) < 4.78 is 12.6. The molecule has 3 rings (SSSR count). The quantitative estimate of drug-likeness (QED) is 0.341. The summed E-state index contributed by atoms with van der Waals surface area (Å²) in [4.78, 5) is 43.0. The largest absolute Gasteiger partial charge is 0.490 e. The zero-order valence-corrected chi connectivity index (χ0v) is 27.6. The van der Waals surface area contributed by atoms with Crippen LogP contribution in [0.2, 0.25) is 0 Å². The monoisotopic (exact) mass is 617 g/mol. The van der Waals surface area contributed by atoms with E-state index in [-0.39, 0.29) is 54.8 Å². The molecular weight excluding hydrogens is 562 g/mol. The van der Waals surface area contributed by atoms with E-state index in [0.29, 0.717) is 36.7 Å². The van der Waals surface area contributed by atoms with E-state index in [0.717, 1.165) is 44.9 Å². The van der Waals surface area contributed by atoms with E-state index in [1.54, 1.807) is 42.0 Å². The molecule has 4 atom stereocenters. The van der Waals surface area contributed by atoms with Crippen molar-refractivity contribution in [2.45, 2.75) is 116 Å². The van der Waals surface area contributed by atoms with Crippen LogP contribution in [0, 0.1) is 5.92 Å². The molecule has 11 heteroatoms. The lowest BCUT2D eigenvalue weighted by Gasteiger charge is -2.36. The van der Waals surface area contributed by atoms with Crippen LogP contribution in [-0.4, -0.2) is 96.6 Å². The van der Waals surface area contributed by atoms with Gasteiger partial charge in [0.15, 0.2) is 0 Å². The number of fused-ring (bicyclic) bond motifs is 1. The summed E-state index contributed by atoms with van der Waals surface area (Å²) in [6, 6.07) is 4.28. The molecule has 0 aromatic heterocycles. The highest BCUT2D eigenvalue weighted by Gasteiger charge is 2.31. The number of ether oxygens (including phenoxy) is 2. The number of nitrogens with one attached hydrogen (secondary N) is 3. The van der Waals surface area contributed by atoms with Crippen molar-refractivity contribution in [2.24, 2.45) is 5.92 Å². The van der Waals surface area contributed by atoms with Gasteiger partial charge in [-0.25, -0.2) is 9.59 Å². The molecule has 1 aliphatic heterocycles. The van der Waals surface area contributed by atoms with Crippen LogP contribution in [0.15, 0.2) is 18.2 Å². The zero-order chi connectivity index (χ0) is 32.2. The summed E-state index contributed by atoms with van der Waals surface area (Å²) >= 11 is 0. The molecule has 4 N–H and O–H groups in total. The van der Waals surface area contributed by atoms with Crippen LogP contribution in [0.25, 0.3) is 0 Å². The molecule has 1 aliphatic carbocycles. The van der Waals surface area contributed by atoms with Gasteiger partial charge in [-0.15, -0.1) is 0 Å². The van der Waals surface area contributed by atoms with Crippen molar-refractivity contribution >= 4 is 23.7 Å². The third kappa shape index (κ3) is 10.8. The second kappa shape index (κ2) is 17.4. The normalized spacial score (nSPS) is 23.1. The summed E-state index contributed by atoms with van der Waals surface area (Å²) in [6.45, 7) is 10.5. The van der Waals surface area contributed by atoms with Crippen molar-refractivity contribution in [3.8, 4) is 5.75 Å². The Bertz CT molecular complexity index is 1080. The van der Waals surface area contributed by atoms with Gasteiger partial charge in [-0.1, -0.05) is 26.2 Å². The first-order valence-electron chi connectivity index (χ1n) is 16.4. The Hall–Kier alpha value is -3.05. The summed E-state index contributed by atoms with van der Waals surface area (Å²) in [5, 5.41) is 18.9. The van der Waals surface area contributed by atoms with Crippen molar-refractivity contribution < 1.29 is 29.0 Å². The lowest BCUT2D eigenvalue weighted by molar-refractivity contribution is -0.0123. The number of hydrogen-bond acceptors (Lipinski definition) is 6. The zero-order valence-electron chi connectivity index (χ0n) is 27.6. The van der Waals surface area contributed by atoms with Gasteiger partial charge >= 0.3 is 12.1 Å². The Morgan fingerprint density at radius 1 is 1.07 bits per heavy atom. The molecule has 0 radical (unpaired) electrons. The van der Waals surface area contributed by atoms with Gasteiger partial charge in [-0.3, -0.25) is 4.79 Å². The van der Waals surface area contributed by atoms with Crippen LogP contribution in [0.5, 0.6) is 5.75 Å². The Labute approximate surface area is 263 Å². The summed E-state index contributed by atoms with van der Waals surface area (Å²) in [5.41, 5.74) is 0.772. The maximum atomic E-state index is 14.2. The minimum absolute atomic E-state index is 0.0481. The predicted octanol–water partition coefficient (Wildman–Crippen LogP) is 4.99. The molecule has 0 bridgehead atoms. The van der Waals surface area contributed by atoms with Crippen LogP contribution in [-0.2, 0) is 4.74 Å². The highest BCUT2D eigenvalue weighted by molar-refractivity contribution is 5.99. The SMILES string of the molecule is CC(C)NC(=O)Nc1ccc2c(c1)C(=O)N([C@H](C)CO)C[C@H](C)[C@H](CN(C)C(=O)NC1CCCCC1)OCCCC[C@@H](C)O2. The van der Waals surface area contributed by atoms with Crippen LogP contribution in [0.3, 0.4) is 0 Å². The highest BCUT2D eigenvalue weighted by atomic mass is 16.5. The van der Waals surface area contributed by atoms with E-state index in [1.165, 1.54) is 6.42 Å². The minimum atomic E-state index is -0.489. The van der Waals surface area contributed by atoms with Gasteiger partial charge in [0, 0.05) is 50.4 Å². The van der Waals surface area contributed by atoms with E-state index in [9.17, 15) is 19.5 Å². The van der Waals surface area contributed by atoms with Crippen molar-refractivity contribution in [3.05, 3.63) is 23.8 Å². The number of hydrogen-bond donors (Lipinski definition) is 4. The van der Waals surface area contributed by atoms with E-state index in [1.807, 2.05) is 27.7 Å². The van der Waals surface area contributed by atoms with Gasteiger partial charge in [0.1, 0.15) is 5.75 Å². The Morgan fingerprint density at radius 2 is 1.77 bits per heavy atom. The van der Waals surface area contributed by atoms with Gasteiger partial charge in [-0.2, -0.15) is 0 Å². The van der Waals surface area contributed by atoms with Gasteiger partial charge in [-0.05, 0) is 78.0 Å². The third-order valence-electron chi connectivity index (χ3n) is 8.46. The number of nitrogens with zero attached hydrogens (tertiary/aromatic N) is 2. The number of benzene rings is 1. The first kappa shape index (κ1) is 35.4. The molecule has 1 saturated carbocycles. The molecule has 44 heavy (non-hydrogen) atoms.